The molecule has 1 rings (SSSR count). The van der Waals surface area contributed by atoms with Gasteiger partial charge in [-0.3, -0.25) is 9.59 Å². The van der Waals surface area contributed by atoms with E-state index in [1.807, 2.05) is 18.2 Å². The van der Waals surface area contributed by atoms with Crippen LogP contribution in [0.15, 0.2) is 48.6 Å². The molecule has 1 aliphatic rings. The summed E-state index contributed by atoms with van der Waals surface area (Å²) < 4.78 is 16.6. The van der Waals surface area contributed by atoms with E-state index in [9.17, 15) is 35.1 Å². The number of aliphatic hydroxyl groups is 5. The van der Waals surface area contributed by atoms with Crippen molar-refractivity contribution in [3.8, 4) is 0 Å². The number of unbranched alkanes of at least 4 members (excludes halogenated alkanes) is 27. The lowest BCUT2D eigenvalue weighted by Crippen LogP contribution is -2.60. The Morgan fingerprint density at radius 2 is 1.00 bits per heavy atom. The van der Waals surface area contributed by atoms with Crippen molar-refractivity contribution in [1.29, 1.82) is 0 Å². The van der Waals surface area contributed by atoms with Crippen LogP contribution in [-0.4, -0.2) is 100 Å². The lowest BCUT2D eigenvalue weighted by atomic mass is 9.99. The minimum atomic E-state index is -1.59. The summed E-state index contributed by atoms with van der Waals surface area (Å²) >= 11 is 0. The lowest BCUT2D eigenvalue weighted by Gasteiger charge is -2.40. The number of ether oxygens (including phenoxy) is 3. The molecule has 0 radical (unpaired) electrons. The van der Waals surface area contributed by atoms with Crippen LogP contribution in [0.5, 0.6) is 0 Å². The highest BCUT2D eigenvalue weighted by atomic mass is 16.7. The molecule has 6 N–H and O–H groups in total. The molecule has 0 aromatic carbocycles. The van der Waals surface area contributed by atoms with Crippen LogP contribution in [0.2, 0.25) is 0 Å². The first-order chi connectivity index (χ1) is 33.2. The quantitative estimate of drug-likeness (QED) is 0.0196. The Morgan fingerprint density at radius 1 is 0.544 bits per heavy atom. The van der Waals surface area contributed by atoms with Crippen molar-refractivity contribution in [2.24, 2.45) is 0 Å². The first-order valence-corrected chi connectivity index (χ1v) is 27.9. The maximum atomic E-state index is 13.0. The predicted molar refractivity (Wildman–Crippen MR) is 278 cm³/mol. The van der Waals surface area contributed by atoms with E-state index in [-0.39, 0.29) is 24.9 Å². The van der Waals surface area contributed by atoms with Crippen molar-refractivity contribution in [3.63, 3.8) is 0 Å². The molecule has 0 bridgehead atoms. The van der Waals surface area contributed by atoms with Gasteiger partial charge in [0.2, 0.25) is 5.91 Å². The smallest absolute Gasteiger partial charge is 0.305 e. The first kappa shape index (κ1) is 63.6. The average Bonchev–Trinajstić information content (AvgIpc) is 3.33. The first-order valence-electron chi connectivity index (χ1n) is 27.9. The van der Waals surface area contributed by atoms with Crippen LogP contribution in [0.4, 0.5) is 0 Å². The van der Waals surface area contributed by atoms with Gasteiger partial charge in [0.25, 0.3) is 0 Å². The molecule has 68 heavy (non-hydrogen) atoms. The molecule has 11 heteroatoms. The SMILES string of the molecule is CCCCC/C=C\CCCCCCCC(=O)OCCCCCCCC/C=C\C/C=C\CCC(=O)NC(COC1OC(CO)C(O)C(O)C1O)C(O)/C=C/CCCCCCCCCCCCCCC. The van der Waals surface area contributed by atoms with Crippen LogP contribution < -0.4 is 5.32 Å². The summed E-state index contributed by atoms with van der Waals surface area (Å²) in [5, 5.41) is 54.3. The van der Waals surface area contributed by atoms with Gasteiger partial charge in [-0.15, -0.1) is 0 Å². The topological polar surface area (TPSA) is 175 Å². The fourth-order valence-electron chi connectivity index (χ4n) is 8.42. The number of amides is 1. The molecule has 396 valence electrons. The van der Waals surface area contributed by atoms with Gasteiger partial charge in [0, 0.05) is 12.8 Å². The fourth-order valence-corrected chi connectivity index (χ4v) is 8.42. The van der Waals surface area contributed by atoms with Gasteiger partial charge in [0.05, 0.1) is 32.0 Å². The zero-order valence-corrected chi connectivity index (χ0v) is 43.3. The van der Waals surface area contributed by atoms with Crippen molar-refractivity contribution in [3.05, 3.63) is 48.6 Å². The zero-order chi connectivity index (χ0) is 49.6. The van der Waals surface area contributed by atoms with E-state index in [2.05, 4.69) is 43.5 Å². The summed E-state index contributed by atoms with van der Waals surface area (Å²) in [7, 11) is 0. The lowest BCUT2D eigenvalue weighted by molar-refractivity contribution is -0.302. The molecule has 1 aliphatic heterocycles. The summed E-state index contributed by atoms with van der Waals surface area (Å²) in [6.07, 6.45) is 47.7. The molecule has 0 aliphatic carbocycles. The number of hydrogen-bond acceptors (Lipinski definition) is 10. The van der Waals surface area contributed by atoms with E-state index in [0.717, 1.165) is 70.6 Å². The molecule has 0 saturated carbocycles. The Morgan fingerprint density at radius 3 is 1.56 bits per heavy atom. The van der Waals surface area contributed by atoms with Crippen molar-refractivity contribution in [2.45, 2.75) is 281 Å². The van der Waals surface area contributed by atoms with Gasteiger partial charge in [-0.25, -0.2) is 0 Å². The van der Waals surface area contributed by atoms with Gasteiger partial charge >= 0.3 is 5.97 Å². The summed E-state index contributed by atoms with van der Waals surface area (Å²) in [4.78, 5) is 25.0. The van der Waals surface area contributed by atoms with Crippen LogP contribution in [0, 0.1) is 0 Å². The number of hydrogen-bond donors (Lipinski definition) is 6. The summed E-state index contributed by atoms with van der Waals surface area (Å²) in [5.41, 5.74) is 0. The second-order valence-corrected chi connectivity index (χ2v) is 19.3. The van der Waals surface area contributed by atoms with Gasteiger partial charge < -0.3 is 45.1 Å². The largest absolute Gasteiger partial charge is 0.466 e. The second-order valence-electron chi connectivity index (χ2n) is 19.3. The van der Waals surface area contributed by atoms with Gasteiger partial charge in [-0.05, 0) is 77.0 Å². The second kappa shape index (κ2) is 47.0. The van der Waals surface area contributed by atoms with Crippen molar-refractivity contribution in [2.75, 3.05) is 19.8 Å². The van der Waals surface area contributed by atoms with Crippen LogP contribution in [-0.2, 0) is 23.8 Å². The highest BCUT2D eigenvalue weighted by Crippen LogP contribution is 2.23. The van der Waals surface area contributed by atoms with E-state index in [1.54, 1.807) is 6.08 Å². The molecule has 0 spiro atoms. The maximum absolute atomic E-state index is 13.0. The van der Waals surface area contributed by atoms with Crippen LogP contribution >= 0.6 is 0 Å². The Bertz CT molecular complexity index is 1270. The van der Waals surface area contributed by atoms with Crippen molar-refractivity contribution < 1.29 is 49.3 Å². The Labute approximate surface area is 415 Å². The zero-order valence-electron chi connectivity index (χ0n) is 43.3. The van der Waals surface area contributed by atoms with Gasteiger partial charge in [0.15, 0.2) is 6.29 Å². The predicted octanol–water partition coefficient (Wildman–Crippen LogP) is 12.1. The maximum Gasteiger partial charge on any atom is 0.305 e. The van der Waals surface area contributed by atoms with E-state index in [4.69, 9.17) is 14.2 Å². The minimum Gasteiger partial charge on any atom is -0.466 e. The number of aliphatic hydroxyl groups excluding tert-OH is 5. The van der Waals surface area contributed by atoms with Crippen LogP contribution in [0.25, 0.3) is 0 Å². The Kier molecular flexibility index (Phi) is 44.0. The normalized spacial score (nSPS) is 19.8. The third-order valence-corrected chi connectivity index (χ3v) is 12.9. The summed E-state index contributed by atoms with van der Waals surface area (Å²) in [6, 6.07) is -0.855. The summed E-state index contributed by atoms with van der Waals surface area (Å²) in [5.74, 6) is -0.313. The molecule has 1 heterocycles. The Balaban J connectivity index is 2.24. The highest BCUT2D eigenvalue weighted by molar-refractivity contribution is 5.76. The highest BCUT2D eigenvalue weighted by Gasteiger charge is 2.44. The molecule has 11 nitrogen and oxygen atoms in total. The molecular formula is C57H103NO10. The monoisotopic (exact) mass is 962 g/mol. The number of rotatable bonds is 47. The number of allylic oxidation sites excluding steroid dienone is 7. The molecule has 1 saturated heterocycles. The minimum absolute atomic E-state index is 0.0499. The van der Waals surface area contributed by atoms with E-state index < -0.39 is 49.5 Å². The third-order valence-electron chi connectivity index (χ3n) is 12.9. The van der Waals surface area contributed by atoms with Gasteiger partial charge in [0.1, 0.15) is 24.4 Å². The van der Waals surface area contributed by atoms with Gasteiger partial charge in [-0.1, -0.05) is 197 Å². The standard InChI is InChI=1S/C57H103NO10/c1-3-5-7-9-11-13-15-17-18-20-23-27-31-35-39-43-50(60)49(48-67-57-56(65)55(64)54(63)51(47-59)68-57)58-52(61)44-40-36-32-28-24-21-19-22-26-30-34-38-42-46-66-53(62)45-41-37-33-29-25-16-14-12-10-8-6-4-2/h12,14,21,24,32,36,39,43,49-51,54-57,59-60,63-65H,3-11,13,15-20,22-23,25-31,33-35,37-38,40-42,44-48H2,1-2H3,(H,58,61)/b14-12-,24-21-,36-32-,43-39+. The fraction of sp³-hybridized carbons (Fsp3) is 0.825. The van der Waals surface area contributed by atoms with E-state index in [0.29, 0.717) is 19.4 Å². The van der Waals surface area contributed by atoms with Crippen molar-refractivity contribution in [1.82, 2.24) is 5.32 Å². The average molecular weight is 962 g/mol. The number of esters is 1. The van der Waals surface area contributed by atoms with Crippen LogP contribution in [0.1, 0.15) is 239 Å². The third kappa shape index (κ3) is 36.5. The van der Waals surface area contributed by atoms with Crippen LogP contribution in [0.3, 0.4) is 0 Å². The molecule has 7 atom stereocenters. The molecular weight excluding hydrogens is 859 g/mol. The van der Waals surface area contributed by atoms with Gasteiger partial charge in [-0.2, -0.15) is 0 Å². The number of nitrogens with one attached hydrogen (secondary N) is 1. The van der Waals surface area contributed by atoms with Crippen molar-refractivity contribution >= 4 is 11.9 Å². The Hall–Kier alpha value is -2.38. The van der Waals surface area contributed by atoms with E-state index in [1.165, 1.54) is 135 Å². The summed E-state index contributed by atoms with van der Waals surface area (Å²) in [6.45, 7) is 4.22. The number of carbonyl (C=O) groups is 2. The molecule has 1 amide bonds. The molecule has 7 unspecified atom stereocenters. The van der Waals surface area contributed by atoms with E-state index >= 15 is 0 Å². The molecule has 0 aromatic heterocycles. The number of carbonyl (C=O) groups excluding carboxylic acids is 2. The molecule has 0 aromatic rings. The molecule has 1 fully saturated rings.